The molecule has 0 radical (unpaired) electrons. The van der Waals surface area contributed by atoms with Gasteiger partial charge < -0.3 is 16.4 Å². The van der Waals surface area contributed by atoms with Gasteiger partial charge in [0.1, 0.15) is 0 Å². The van der Waals surface area contributed by atoms with E-state index in [1.807, 2.05) is 6.07 Å². The molecule has 19 heavy (non-hydrogen) atoms. The van der Waals surface area contributed by atoms with E-state index in [1.54, 1.807) is 0 Å². The number of hydrogen-bond donors (Lipinski definition) is 2. The largest absolute Gasteiger partial charge is 0.368 e. The summed E-state index contributed by atoms with van der Waals surface area (Å²) in [5, 5.41) is 0. The first-order valence-electron chi connectivity index (χ1n) is 6.31. The van der Waals surface area contributed by atoms with E-state index >= 15 is 0 Å². The van der Waals surface area contributed by atoms with Gasteiger partial charge in [0.15, 0.2) is 5.82 Å². The molecule has 4 N–H and O–H groups in total. The predicted octanol–water partition coefficient (Wildman–Crippen LogP) is 0.989. The van der Waals surface area contributed by atoms with Crippen molar-refractivity contribution in [2.75, 3.05) is 22.9 Å². The Balaban J connectivity index is 1.88. The molecule has 6 nitrogen and oxygen atoms in total. The van der Waals surface area contributed by atoms with Crippen LogP contribution in [-0.4, -0.2) is 21.5 Å². The Morgan fingerprint density at radius 2 is 1.79 bits per heavy atom. The quantitative estimate of drug-likeness (QED) is 0.832. The van der Waals surface area contributed by atoms with Crippen LogP contribution in [0, 0.1) is 0 Å². The Bertz CT molecular complexity index is 577. The lowest BCUT2D eigenvalue weighted by Gasteiger charge is -2.30. The van der Waals surface area contributed by atoms with Crippen molar-refractivity contribution >= 4 is 17.6 Å². The Morgan fingerprint density at radius 3 is 2.58 bits per heavy atom. The number of aromatic nitrogens is 3. The molecule has 98 valence electrons. The second-order valence-corrected chi connectivity index (χ2v) is 4.62. The molecule has 0 fully saturated rings. The van der Waals surface area contributed by atoms with Crippen molar-refractivity contribution in [3.05, 3.63) is 35.7 Å². The van der Waals surface area contributed by atoms with Crippen LogP contribution in [0.25, 0.3) is 0 Å². The third-order valence-electron chi connectivity index (χ3n) is 3.26. The van der Waals surface area contributed by atoms with Crippen molar-refractivity contribution in [2.45, 2.75) is 19.4 Å². The first-order chi connectivity index (χ1) is 9.22. The molecule has 1 aromatic carbocycles. The molecule has 3 rings (SSSR count). The van der Waals surface area contributed by atoms with E-state index in [1.165, 1.54) is 11.3 Å². The highest BCUT2D eigenvalue weighted by atomic mass is 15.2. The summed E-state index contributed by atoms with van der Waals surface area (Å²) in [4.78, 5) is 14.3. The molecule has 0 saturated carbocycles. The van der Waals surface area contributed by atoms with Crippen molar-refractivity contribution in [3.8, 4) is 0 Å². The third-order valence-corrected chi connectivity index (χ3v) is 3.26. The standard InChI is InChI=1S/C13H16N6/c14-12-16-11(17-13(15)18-12)8-19-7-3-5-9-4-1-2-6-10(9)19/h1-2,4,6H,3,5,7-8H2,(H4,14,15,16,17,18). The third kappa shape index (κ3) is 2.42. The molecule has 6 heteroatoms. The fourth-order valence-electron chi connectivity index (χ4n) is 2.47. The fraction of sp³-hybridized carbons (Fsp3) is 0.308. The number of nitrogens with zero attached hydrogens (tertiary/aromatic N) is 4. The molecule has 1 aliphatic rings. The number of hydrogen-bond acceptors (Lipinski definition) is 6. The van der Waals surface area contributed by atoms with E-state index in [-0.39, 0.29) is 11.9 Å². The Kier molecular flexibility index (Phi) is 2.91. The molecule has 2 heterocycles. The lowest BCUT2D eigenvalue weighted by Crippen LogP contribution is -2.29. The maximum Gasteiger partial charge on any atom is 0.225 e. The Hall–Kier alpha value is -2.37. The minimum absolute atomic E-state index is 0.174. The maximum absolute atomic E-state index is 5.60. The highest BCUT2D eigenvalue weighted by molar-refractivity contribution is 5.55. The minimum Gasteiger partial charge on any atom is -0.368 e. The van der Waals surface area contributed by atoms with Gasteiger partial charge in [0.2, 0.25) is 11.9 Å². The van der Waals surface area contributed by atoms with Gasteiger partial charge in [0.25, 0.3) is 0 Å². The van der Waals surface area contributed by atoms with Crippen LogP contribution in [-0.2, 0) is 13.0 Å². The first kappa shape index (κ1) is 11.7. The smallest absolute Gasteiger partial charge is 0.225 e. The minimum atomic E-state index is 0.174. The molecule has 0 amide bonds. The summed E-state index contributed by atoms with van der Waals surface area (Å²) >= 11 is 0. The van der Waals surface area contributed by atoms with E-state index in [2.05, 4.69) is 38.1 Å². The van der Waals surface area contributed by atoms with E-state index in [0.717, 1.165) is 19.4 Å². The van der Waals surface area contributed by atoms with Gasteiger partial charge in [-0.25, -0.2) is 0 Å². The SMILES string of the molecule is Nc1nc(N)nc(CN2CCCc3ccccc32)n1. The number of anilines is 3. The molecule has 0 aliphatic carbocycles. The average Bonchev–Trinajstić information content (AvgIpc) is 2.38. The second-order valence-electron chi connectivity index (χ2n) is 4.62. The van der Waals surface area contributed by atoms with Crippen LogP contribution >= 0.6 is 0 Å². The van der Waals surface area contributed by atoms with Crippen molar-refractivity contribution in [1.82, 2.24) is 15.0 Å². The van der Waals surface area contributed by atoms with Crippen LogP contribution < -0.4 is 16.4 Å². The Morgan fingerprint density at radius 1 is 1.05 bits per heavy atom. The summed E-state index contributed by atoms with van der Waals surface area (Å²) in [6, 6.07) is 8.41. The molecule has 0 atom stereocenters. The summed E-state index contributed by atoms with van der Waals surface area (Å²) in [5.74, 6) is 0.960. The lowest BCUT2D eigenvalue weighted by molar-refractivity contribution is 0.673. The monoisotopic (exact) mass is 256 g/mol. The van der Waals surface area contributed by atoms with Gasteiger partial charge >= 0.3 is 0 Å². The van der Waals surface area contributed by atoms with Gasteiger partial charge in [-0.2, -0.15) is 15.0 Å². The Labute approximate surface area is 111 Å². The van der Waals surface area contributed by atoms with Crippen LogP contribution in [0.1, 0.15) is 17.8 Å². The predicted molar refractivity (Wildman–Crippen MR) is 74.5 cm³/mol. The summed E-state index contributed by atoms with van der Waals surface area (Å²) in [6.07, 6.45) is 2.25. The van der Waals surface area contributed by atoms with E-state index in [9.17, 15) is 0 Å². The van der Waals surface area contributed by atoms with Crippen LogP contribution in [0.3, 0.4) is 0 Å². The van der Waals surface area contributed by atoms with Gasteiger partial charge in [-0.1, -0.05) is 18.2 Å². The number of rotatable bonds is 2. The molecule has 1 aliphatic heterocycles. The molecule has 0 saturated heterocycles. The summed E-state index contributed by atoms with van der Waals surface area (Å²) in [5.41, 5.74) is 13.8. The normalized spacial score (nSPS) is 14.2. The molecule has 0 spiro atoms. The molecule has 1 aromatic heterocycles. The van der Waals surface area contributed by atoms with Gasteiger partial charge in [-0.05, 0) is 24.5 Å². The van der Waals surface area contributed by atoms with Crippen LogP contribution in [0.15, 0.2) is 24.3 Å². The maximum atomic E-state index is 5.60. The molecule has 0 bridgehead atoms. The van der Waals surface area contributed by atoms with Crippen LogP contribution in [0.5, 0.6) is 0 Å². The summed E-state index contributed by atoms with van der Waals surface area (Å²) in [7, 11) is 0. The van der Waals surface area contributed by atoms with Gasteiger partial charge in [0.05, 0.1) is 6.54 Å². The topological polar surface area (TPSA) is 93.9 Å². The van der Waals surface area contributed by atoms with Crippen LogP contribution in [0.2, 0.25) is 0 Å². The van der Waals surface area contributed by atoms with Crippen molar-refractivity contribution in [2.24, 2.45) is 0 Å². The highest BCUT2D eigenvalue weighted by Crippen LogP contribution is 2.27. The average molecular weight is 256 g/mol. The first-order valence-corrected chi connectivity index (χ1v) is 6.31. The molecular weight excluding hydrogens is 240 g/mol. The number of para-hydroxylation sites is 1. The number of fused-ring (bicyclic) bond motifs is 1. The van der Waals surface area contributed by atoms with Crippen molar-refractivity contribution in [3.63, 3.8) is 0 Å². The summed E-state index contributed by atoms with van der Waals surface area (Å²) < 4.78 is 0. The van der Waals surface area contributed by atoms with Gasteiger partial charge in [0, 0.05) is 12.2 Å². The van der Waals surface area contributed by atoms with Crippen molar-refractivity contribution in [1.29, 1.82) is 0 Å². The number of benzene rings is 1. The molecular formula is C13H16N6. The van der Waals surface area contributed by atoms with E-state index in [4.69, 9.17) is 11.5 Å². The highest BCUT2D eigenvalue weighted by Gasteiger charge is 2.17. The second kappa shape index (κ2) is 4.72. The zero-order valence-electron chi connectivity index (χ0n) is 10.6. The number of nitrogen functional groups attached to an aromatic ring is 2. The fourth-order valence-corrected chi connectivity index (χ4v) is 2.47. The number of aryl methyl sites for hydroxylation is 1. The molecule has 0 unspecified atom stereocenters. The van der Waals surface area contributed by atoms with Crippen LogP contribution in [0.4, 0.5) is 17.6 Å². The zero-order chi connectivity index (χ0) is 13.2. The number of nitrogens with two attached hydrogens (primary N) is 2. The summed E-state index contributed by atoms with van der Waals surface area (Å²) in [6.45, 7) is 1.59. The van der Waals surface area contributed by atoms with E-state index < -0.39 is 0 Å². The van der Waals surface area contributed by atoms with Gasteiger partial charge in [-0.3, -0.25) is 0 Å². The van der Waals surface area contributed by atoms with Gasteiger partial charge in [-0.15, -0.1) is 0 Å². The van der Waals surface area contributed by atoms with Crippen molar-refractivity contribution < 1.29 is 0 Å². The molecule has 2 aromatic rings. The van der Waals surface area contributed by atoms with E-state index in [0.29, 0.717) is 12.4 Å². The lowest BCUT2D eigenvalue weighted by atomic mass is 10.0. The zero-order valence-corrected chi connectivity index (χ0v) is 10.6.